The van der Waals surface area contributed by atoms with Gasteiger partial charge >= 0.3 is 5.97 Å². The lowest BCUT2D eigenvalue weighted by Gasteiger charge is -2.04. The molecule has 0 aliphatic heterocycles. The maximum absolute atomic E-state index is 10.4. The first-order chi connectivity index (χ1) is 8.16. The van der Waals surface area contributed by atoms with Crippen LogP contribution in [0.15, 0.2) is 47.5 Å². The number of carbonyl (C=O) groups is 1. The highest BCUT2D eigenvalue weighted by Gasteiger charge is 2.01. The number of rotatable bonds is 3. The summed E-state index contributed by atoms with van der Waals surface area (Å²) in [4.78, 5) is 14.4. The molecule has 17 heavy (non-hydrogen) atoms. The van der Waals surface area contributed by atoms with E-state index in [1.165, 1.54) is 0 Å². The van der Waals surface area contributed by atoms with Gasteiger partial charge in [-0.25, -0.2) is 9.78 Å². The minimum atomic E-state index is -0.962. The van der Waals surface area contributed by atoms with Gasteiger partial charge in [-0.15, -0.1) is 0 Å². The third kappa shape index (κ3) is 2.82. The van der Waals surface area contributed by atoms with Crippen LogP contribution in [0.4, 0.5) is 0 Å². The van der Waals surface area contributed by atoms with Crippen molar-refractivity contribution in [3.8, 4) is 5.69 Å². The summed E-state index contributed by atoms with van der Waals surface area (Å²) in [5.41, 5.74) is 1.78. The van der Waals surface area contributed by atoms with Gasteiger partial charge in [-0.3, -0.25) is 0 Å². The molecular formula is C12H9BrN2O2. The van der Waals surface area contributed by atoms with E-state index in [2.05, 4.69) is 20.9 Å². The summed E-state index contributed by atoms with van der Waals surface area (Å²) in [5, 5.41) is 8.56. The molecule has 0 atom stereocenters. The third-order valence-electron chi connectivity index (χ3n) is 2.19. The molecule has 4 nitrogen and oxygen atoms in total. The molecule has 1 aromatic heterocycles. The van der Waals surface area contributed by atoms with Gasteiger partial charge in [0.25, 0.3) is 0 Å². The second-order valence-electron chi connectivity index (χ2n) is 3.35. The monoisotopic (exact) mass is 292 g/mol. The predicted molar refractivity (Wildman–Crippen MR) is 67.9 cm³/mol. The zero-order valence-electron chi connectivity index (χ0n) is 8.75. The van der Waals surface area contributed by atoms with Gasteiger partial charge in [-0.05, 0) is 23.8 Å². The minimum absolute atomic E-state index is 0.816. The van der Waals surface area contributed by atoms with E-state index >= 15 is 0 Å². The number of aliphatic carboxylic acids is 1. The Balaban J connectivity index is 2.32. The first-order valence-electron chi connectivity index (χ1n) is 4.86. The number of imidazole rings is 1. The summed E-state index contributed by atoms with van der Waals surface area (Å²) in [6.45, 7) is 0. The van der Waals surface area contributed by atoms with Gasteiger partial charge in [0.15, 0.2) is 0 Å². The molecular weight excluding hydrogens is 284 g/mol. The normalized spacial score (nSPS) is 10.9. The fraction of sp³-hybridized carbons (Fsp3) is 0. The lowest BCUT2D eigenvalue weighted by molar-refractivity contribution is -0.131. The summed E-state index contributed by atoms with van der Waals surface area (Å²) in [6, 6.07) is 5.65. The first kappa shape index (κ1) is 11.6. The van der Waals surface area contributed by atoms with E-state index in [-0.39, 0.29) is 0 Å². The number of aromatic nitrogens is 2. The fourth-order valence-electron chi connectivity index (χ4n) is 1.38. The second-order valence-corrected chi connectivity index (χ2v) is 4.20. The van der Waals surface area contributed by atoms with Crippen molar-refractivity contribution in [2.24, 2.45) is 0 Å². The molecule has 5 heteroatoms. The van der Waals surface area contributed by atoms with E-state index in [0.29, 0.717) is 0 Å². The maximum atomic E-state index is 10.4. The van der Waals surface area contributed by atoms with E-state index in [1.54, 1.807) is 18.6 Å². The molecule has 2 rings (SSSR count). The van der Waals surface area contributed by atoms with Gasteiger partial charge < -0.3 is 9.67 Å². The van der Waals surface area contributed by atoms with E-state index in [4.69, 9.17) is 5.11 Å². The zero-order chi connectivity index (χ0) is 12.3. The van der Waals surface area contributed by atoms with Crippen LogP contribution in [0.25, 0.3) is 11.8 Å². The van der Waals surface area contributed by atoms with E-state index in [9.17, 15) is 4.79 Å². The molecule has 0 bridgehead atoms. The molecule has 0 aliphatic carbocycles. The Morgan fingerprint density at radius 1 is 1.47 bits per heavy atom. The topological polar surface area (TPSA) is 55.1 Å². The summed E-state index contributed by atoms with van der Waals surface area (Å²) in [5.74, 6) is -0.962. The number of halogens is 1. The Bertz CT molecular complexity index is 562. The SMILES string of the molecule is O=C(O)/C=C/c1ccc(-n2ccnc2)cc1Br. The van der Waals surface area contributed by atoms with Gasteiger partial charge in [-0.1, -0.05) is 22.0 Å². The Morgan fingerprint density at radius 2 is 2.29 bits per heavy atom. The maximum Gasteiger partial charge on any atom is 0.328 e. The second kappa shape index (κ2) is 4.97. The van der Waals surface area contributed by atoms with Crippen LogP contribution >= 0.6 is 15.9 Å². The number of hydrogen-bond donors (Lipinski definition) is 1. The van der Waals surface area contributed by atoms with Crippen LogP contribution in [-0.2, 0) is 4.79 Å². The molecule has 0 saturated heterocycles. The lowest BCUT2D eigenvalue weighted by Crippen LogP contribution is -1.91. The van der Waals surface area contributed by atoms with Crippen molar-refractivity contribution in [2.75, 3.05) is 0 Å². The number of carboxylic acid groups (broad SMARTS) is 1. The van der Waals surface area contributed by atoms with Crippen LogP contribution < -0.4 is 0 Å². The first-order valence-corrected chi connectivity index (χ1v) is 5.65. The van der Waals surface area contributed by atoms with E-state index in [1.807, 2.05) is 29.0 Å². The Kier molecular flexibility index (Phi) is 3.39. The van der Waals surface area contributed by atoms with Gasteiger partial charge in [0.2, 0.25) is 0 Å². The molecule has 86 valence electrons. The smallest absolute Gasteiger partial charge is 0.328 e. The summed E-state index contributed by atoms with van der Waals surface area (Å²) >= 11 is 3.40. The molecule has 1 heterocycles. The molecule has 0 radical (unpaired) electrons. The summed E-state index contributed by atoms with van der Waals surface area (Å²) in [6.07, 6.45) is 7.90. The van der Waals surface area contributed by atoms with E-state index < -0.39 is 5.97 Å². The average Bonchev–Trinajstić information content (AvgIpc) is 2.80. The minimum Gasteiger partial charge on any atom is -0.478 e. The van der Waals surface area contributed by atoms with Crippen molar-refractivity contribution >= 4 is 28.0 Å². The number of carboxylic acids is 1. The lowest BCUT2D eigenvalue weighted by atomic mass is 10.2. The van der Waals surface area contributed by atoms with Crippen molar-refractivity contribution in [3.63, 3.8) is 0 Å². The van der Waals surface area contributed by atoms with Crippen molar-refractivity contribution < 1.29 is 9.90 Å². The summed E-state index contributed by atoms with van der Waals surface area (Å²) in [7, 11) is 0. The highest BCUT2D eigenvalue weighted by atomic mass is 79.9. The molecule has 0 aliphatic rings. The quantitative estimate of drug-likeness (QED) is 0.885. The number of nitrogens with zero attached hydrogens (tertiary/aromatic N) is 2. The highest BCUT2D eigenvalue weighted by molar-refractivity contribution is 9.10. The van der Waals surface area contributed by atoms with Gasteiger partial charge in [0, 0.05) is 28.6 Å². The molecule has 0 fully saturated rings. The number of hydrogen-bond acceptors (Lipinski definition) is 2. The van der Waals surface area contributed by atoms with Crippen molar-refractivity contribution in [1.29, 1.82) is 0 Å². The van der Waals surface area contributed by atoms with Crippen LogP contribution in [0.3, 0.4) is 0 Å². The molecule has 0 amide bonds. The molecule has 2 aromatic rings. The summed E-state index contributed by atoms with van der Waals surface area (Å²) < 4.78 is 2.70. The van der Waals surface area contributed by atoms with Crippen molar-refractivity contribution in [2.45, 2.75) is 0 Å². The number of benzene rings is 1. The predicted octanol–water partition coefficient (Wildman–Crippen LogP) is 2.73. The van der Waals surface area contributed by atoms with Crippen LogP contribution in [0.1, 0.15) is 5.56 Å². The van der Waals surface area contributed by atoms with E-state index in [0.717, 1.165) is 21.8 Å². The van der Waals surface area contributed by atoms with Crippen LogP contribution in [-0.4, -0.2) is 20.6 Å². The zero-order valence-corrected chi connectivity index (χ0v) is 10.3. The average molecular weight is 293 g/mol. The molecule has 0 spiro atoms. The Morgan fingerprint density at radius 3 is 2.88 bits per heavy atom. The third-order valence-corrected chi connectivity index (χ3v) is 2.88. The molecule has 1 aromatic carbocycles. The standard InChI is InChI=1S/C12H9BrN2O2/c13-11-7-10(15-6-5-14-8-15)3-1-9(11)2-4-12(16)17/h1-8H,(H,16,17)/b4-2+. The van der Waals surface area contributed by atoms with Gasteiger partial charge in [0.05, 0.1) is 6.33 Å². The van der Waals surface area contributed by atoms with Crippen LogP contribution in [0.2, 0.25) is 0 Å². The highest BCUT2D eigenvalue weighted by Crippen LogP contribution is 2.22. The van der Waals surface area contributed by atoms with Gasteiger partial charge in [-0.2, -0.15) is 0 Å². The molecule has 0 saturated carbocycles. The molecule has 0 unspecified atom stereocenters. The Labute approximate surface area is 106 Å². The van der Waals surface area contributed by atoms with Crippen LogP contribution in [0.5, 0.6) is 0 Å². The Hall–Kier alpha value is -1.88. The fourth-order valence-corrected chi connectivity index (χ4v) is 1.88. The largest absolute Gasteiger partial charge is 0.478 e. The molecule has 1 N–H and O–H groups in total. The van der Waals surface area contributed by atoms with Crippen molar-refractivity contribution in [1.82, 2.24) is 9.55 Å². The van der Waals surface area contributed by atoms with Gasteiger partial charge in [0.1, 0.15) is 0 Å². The van der Waals surface area contributed by atoms with Crippen molar-refractivity contribution in [3.05, 3.63) is 53.0 Å². The van der Waals surface area contributed by atoms with Crippen LogP contribution in [0, 0.1) is 0 Å².